The van der Waals surface area contributed by atoms with Crippen molar-refractivity contribution in [3.63, 3.8) is 0 Å². The summed E-state index contributed by atoms with van der Waals surface area (Å²) in [6.45, 7) is 4.64. The minimum atomic E-state index is -4.11. The molecule has 0 N–H and O–H groups in total. The van der Waals surface area contributed by atoms with Crippen molar-refractivity contribution >= 4 is 44.3 Å². The maximum atomic E-state index is 13.4. The molecule has 2 aliphatic carbocycles. The number of ketones is 2. The topological polar surface area (TPSA) is 90.0 Å². The number of allylic oxidation sites excluding steroid dienone is 4. The largest absolute Gasteiger partial charge is 0.493 e. The number of halogens is 1. The second-order valence-electron chi connectivity index (χ2n) is 9.84. The monoisotopic (exact) mass is 647 g/mol. The third-order valence-corrected chi connectivity index (χ3v) is 9.53. The molecular weight excluding hydrogens is 617 g/mol. The fourth-order valence-corrected chi connectivity index (χ4v) is 7.62. The number of aryl methyl sites for hydroxylation is 1. The lowest BCUT2D eigenvalue weighted by Crippen LogP contribution is -2.39. The van der Waals surface area contributed by atoms with E-state index >= 15 is 0 Å². The molecule has 1 aliphatic heterocycles. The van der Waals surface area contributed by atoms with Crippen molar-refractivity contribution in [3.05, 3.63) is 73.6 Å². The molecule has 0 radical (unpaired) electrons. The average molecular weight is 648 g/mol. The summed E-state index contributed by atoms with van der Waals surface area (Å²) in [6.07, 6.45) is 4.08. The van der Waals surface area contributed by atoms with Gasteiger partial charge in [0.1, 0.15) is 4.90 Å². The van der Waals surface area contributed by atoms with E-state index in [1.807, 2.05) is 35.6 Å². The summed E-state index contributed by atoms with van der Waals surface area (Å²) < 4.78 is 37.8. The van der Waals surface area contributed by atoms with Crippen LogP contribution in [-0.4, -0.2) is 38.5 Å². The van der Waals surface area contributed by atoms with Gasteiger partial charge in [0.2, 0.25) is 0 Å². The van der Waals surface area contributed by atoms with Crippen LogP contribution in [0, 0.1) is 10.5 Å². The van der Waals surface area contributed by atoms with Gasteiger partial charge in [0.15, 0.2) is 23.1 Å². The van der Waals surface area contributed by atoms with Gasteiger partial charge in [0.25, 0.3) is 0 Å². The van der Waals surface area contributed by atoms with E-state index < -0.39 is 16.0 Å². The predicted octanol–water partition coefficient (Wildman–Crippen LogP) is 5.81. The van der Waals surface area contributed by atoms with Gasteiger partial charge in [0, 0.05) is 47.8 Å². The molecule has 0 saturated carbocycles. The number of carbonyl (C=O) groups excluding carboxylic acids is 2. The zero-order chi connectivity index (χ0) is 27.2. The minimum absolute atomic E-state index is 0.0437. The average Bonchev–Trinajstić information content (AvgIpc) is 2.89. The highest BCUT2D eigenvalue weighted by molar-refractivity contribution is 14.1. The second kappa shape index (κ2) is 10.5. The van der Waals surface area contributed by atoms with E-state index in [9.17, 15) is 18.0 Å². The number of hydrogen-bond donors (Lipinski definition) is 0. The maximum absolute atomic E-state index is 13.4. The van der Waals surface area contributed by atoms with Crippen molar-refractivity contribution in [2.24, 2.45) is 0 Å². The quantitative estimate of drug-likeness (QED) is 0.289. The number of Topliss-reactive ketones (excluding diaryl/α,β-unsaturated/α-hetero) is 2. The van der Waals surface area contributed by atoms with Crippen molar-refractivity contribution in [2.75, 3.05) is 13.7 Å². The summed E-state index contributed by atoms with van der Waals surface area (Å²) in [6, 6.07) is 9.96. The van der Waals surface area contributed by atoms with Crippen LogP contribution in [0.3, 0.4) is 0 Å². The van der Waals surface area contributed by atoms with Crippen molar-refractivity contribution in [1.29, 1.82) is 0 Å². The zero-order valence-corrected chi connectivity index (χ0v) is 24.6. The van der Waals surface area contributed by atoms with E-state index in [1.54, 1.807) is 18.2 Å². The fraction of sp³-hybridized carbons (Fsp3) is 0.379. The summed E-state index contributed by atoms with van der Waals surface area (Å²) in [7, 11) is -2.66. The van der Waals surface area contributed by atoms with Gasteiger partial charge in [-0.15, -0.1) is 0 Å². The van der Waals surface area contributed by atoms with Crippen LogP contribution in [0.1, 0.15) is 62.5 Å². The van der Waals surface area contributed by atoms with Gasteiger partial charge in [-0.05, 0) is 92.0 Å². The molecule has 2 aromatic rings. The molecule has 3 aliphatic rings. The van der Waals surface area contributed by atoms with Crippen LogP contribution in [0.25, 0.3) is 0 Å². The number of ether oxygens (including phenoxy) is 1. The van der Waals surface area contributed by atoms with E-state index in [0.717, 1.165) is 48.2 Å². The van der Waals surface area contributed by atoms with E-state index in [-0.39, 0.29) is 28.0 Å². The first-order valence-electron chi connectivity index (χ1n) is 12.8. The van der Waals surface area contributed by atoms with Gasteiger partial charge >= 0.3 is 10.1 Å². The van der Waals surface area contributed by atoms with Crippen molar-refractivity contribution in [3.8, 4) is 11.5 Å². The predicted molar refractivity (Wildman–Crippen MR) is 152 cm³/mol. The molecular formula is C29H30INO6S. The maximum Gasteiger partial charge on any atom is 0.339 e. The zero-order valence-electron chi connectivity index (χ0n) is 21.7. The molecule has 0 aromatic heterocycles. The minimum Gasteiger partial charge on any atom is -0.493 e. The van der Waals surface area contributed by atoms with Gasteiger partial charge in [-0.1, -0.05) is 17.7 Å². The van der Waals surface area contributed by atoms with Gasteiger partial charge in [-0.3, -0.25) is 9.59 Å². The van der Waals surface area contributed by atoms with Gasteiger partial charge in [-0.2, -0.15) is 8.42 Å². The summed E-state index contributed by atoms with van der Waals surface area (Å²) in [4.78, 5) is 29.0. The standard InChI is InChI=1S/C29H30INO6S/c1-4-31-21-7-5-9-23(32)27(21)26(28-22(31)8-6-10-24(28)33)18-15-20(30)29(25(16-18)36-3)37-38(34,35)19-13-11-17(2)12-14-19/h11-16,26H,4-10H2,1-3H3. The molecule has 0 saturated heterocycles. The van der Waals surface area contributed by atoms with Crippen LogP contribution in [0.4, 0.5) is 0 Å². The number of methoxy groups -OCH3 is 1. The first-order chi connectivity index (χ1) is 18.2. The third-order valence-electron chi connectivity index (χ3n) is 7.49. The molecule has 0 spiro atoms. The van der Waals surface area contributed by atoms with Crippen LogP contribution in [0.5, 0.6) is 11.5 Å². The van der Waals surface area contributed by atoms with Gasteiger partial charge in [0.05, 0.1) is 10.7 Å². The summed E-state index contributed by atoms with van der Waals surface area (Å²) >= 11 is 2.03. The van der Waals surface area contributed by atoms with E-state index in [1.165, 1.54) is 19.2 Å². The molecule has 9 heteroatoms. The molecule has 7 nitrogen and oxygen atoms in total. The molecule has 0 fully saturated rings. The number of benzene rings is 2. The van der Waals surface area contributed by atoms with Crippen LogP contribution >= 0.6 is 22.6 Å². The van der Waals surface area contributed by atoms with E-state index in [2.05, 4.69) is 11.8 Å². The molecule has 1 heterocycles. The molecule has 0 atom stereocenters. The Morgan fingerprint density at radius 3 is 2.05 bits per heavy atom. The lowest BCUT2D eigenvalue weighted by atomic mass is 9.71. The highest BCUT2D eigenvalue weighted by Gasteiger charge is 2.43. The number of hydrogen-bond acceptors (Lipinski definition) is 7. The Morgan fingerprint density at radius 1 is 0.947 bits per heavy atom. The Hall–Kier alpha value is -2.66. The molecule has 5 rings (SSSR count). The number of nitrogens with zero attached hydrogens (tertiary/aromatic N) is 1. The third kappa shape index (κ3) is 4.68. The highest BCUT2D eigenvalue weighted by Crippen LogP contribution is 2.50. The lowest BCUT2D eigenvalue weighted by Gasteiger charge is -2.43. The Morgan fingerprint density at radius 2 is 1.53 bits per heavy atom. The van der Waals surface area contributed by atoms with Crippen molar-refractivity contribution in [1.82, 2.24) is 4.90 Å². The normalized spacial score (nSPS) is 18.5. The molecule has 0 unspecified atom stereocenters. The van der Waals surface area contributed by atoms with Gasteiger partial charge < -0.3 is 13.8 Å². The van der Waals surface area contributed by atoms with Crippen LogP contribution < -0.4 is 8.92 Å². The Labute approximate surface area is 237 Å². The summed E-state index contributed by atoms with van der Waals surface area (Å²) in [5.74, 6) is -0.0617. The highest BCUT2D eigenvalue weighted by atomic mass is 127. The first kappa shape index (κ1) is 26.9. The van der Waals surface area contributed by atoms with Crippen LogP contribution in [0.15, 0.2) is 63.8 Å². The van der Waals surface area contributed by atoms with Crippen molar-refractivity contribution in [2.45, 2.75) is 63.2 Å². The molecule has 0 bridgehead atoms. The number of rotatable bonds is 6. The fourth-order valence-electron chi connectivity index (χ4n) is 5.78. The SMILES string of the molecule is CCN1C2=C(C(=O)CCC2)C(c2cc(I)c(OS(=O)(=O)c3ccc(C)cc3)c(OC)c2)C2=C1CCCC2=O. The van der Waals surface area contributed by atoms with E-state index in [4.69, 9.17) is 8.92 Å². The summed E-state index contributed by atoms with van der Waals surface area (Å²) in [5, 5.41) is 0. The number of carbonyl (C=O) groups is 2. The molecule has 200 valence electrons. The first-order valence-corrected chi connectivity index (χ1v) is 15.3. The Kier molecular flexibility index (Phi) is 7.43. The van der Waals surface area contributed by atoms with Crippen LogP contribution in [-0.2, 0) is 19.7 Å². The van der Waals surface area contributed by atoms with Crippen LogP contribution in [0.2, 0.25) is 0 Å². The van der Waals surface area contributed by atoms with E-state index in [0.29, 0.717) is 34.1 Å². The van der Waals surface area contributed by atoms with Gasteiger partial charge in [-0.25, -0.2) is 0 Å². The van der Waals surface area contributed by atoms with Crippen molar-refractivity contribution < 1.29 is 26.9 Å². The molecule has 38 heavy (non-hydrogen) atoms. The Bertz CT molecular complexity index is 1450. The molecule has 2 aromatic carbocycles. The lowest BCUT2D eigenvalue weighted by molar-refractivity contribution is -0.117. The Balaban J connectivity index is 1.64. The molecule has 0 amide bonds. The smallest absolute Gasteiger partial charge is 0.339 e. The second-order valence-corrected chi connectivity index (χ2v) is 12.5. The summed E-state index contributed by atoms with van der Waals surface area (Å²) in [5.41, 5.74) is 5.06.